The van der Waals surface area contributed by atoms with Crippen LogP contribution < -0.4 is 16.6 Å². The molecule has 0 bridgehead atoms. The Morgan fingerprint density at radius 3 is 2.89 bits per heavy atom. The summed E-state index contributed by atoms with van der Waals surface area (Å²) in [5.74, 6) is 6.44. The van der Waals surface area contributed by atoms with Gasteiger partial charge in [-0.25, -0.2) is 10.8 Å². The summed E-state index contributed by atoms with van der Waals surface area (Å²) in [5, 5.41) is 3.36. The summed E-state index contributed by atoms with van der Waals surface area (Å²) in [6.07, 6.45) is 2.63. The first-order valence-electron chi connectivity index (χ1n) is 5.89. The van der Waals surface area contributed by atoms with Gasteiger partial charge in [-0.05, 0) is 41.9 Å². The molecule has 0 saturated carbocycles. The van der Waals surface area contributed by atoms with Gasteiger partial charge in [0.1, 0.15) is 5.82 Å². The number of nitrogens with one attached hydrogen (secondary N) is 2. The Balaban J connectivity index is 2.03. The highest BCUT2D eigenvalue weighted by Crippen LogP contribution is 2.22. The predicted molar refractivity (Wildman–Crippen MR) is 83.4 cm³/mol. The summed E-state index contributed by atoms with van der Waals surface area (Å²) in [7, 11) is 0. The van der Waals surface area contributed by atoms with Crippen molar-refractivity contribution >= 4 is 39.0 Å². The minimum atomic E-state index is 0.273. The van der Waals surface area contributed by atoms with E-state index in [2.05, 4.69) is 62.6 Å². The number of aryl methyl sites for hydroxylation is 1. The number of hydrazine groups is 1. The largest absolute Gasteiger partial charge is 0.366 e. The molecule has 7 heteroatoms. The maximum Gasteiger partial charge on any atom is 0.239 e. The van der Waals surface area contributed by atoms with E-state index >= 15 is 0 Å². The first-order valence-corrected chi connectivity index (χ1v) is 7.50. The van der Waals surface area contributed by atoms with Crippen LogP contribution in [0.15, 0.2) is 22.8 Å². The molecule has 0 aliphatic rings. The Bertz CT molecular complexity index is 557. The van der Waals surface area contributed by atoms with Crippen molar-refractivity contribution in [3.8, 4) is 0 Å². The van der Waals surface area contributed by atoms with E-state index in [4.69, 9.17) is 5.84 Å². The third-order valence-corrected chi connectivity index (χ3v) is 4.16. The predicted octanol–water partition coefficient (Wildman–Crippen LogP) is 2.94. The molecule has 5 nitrogen and oxygen atoms in total. The number of hydrogen-bond acceptors (Lipinski definition) is 6. The number of hydrogen-bond donors (Lipinski definition) is 3. The highest BCUT2D eigenvalue weighted by Gasteiger charge is 2.10. The molecule has 0 aromatic carbocycles. The fourth-order valence-electron chi connectivity index (χ4n) is 1.72. The van der Waals surface area contributed by atoms with Crippen molar-refractivity contribution in [2.45, 2.75) is 26.3 Å². The third kappa shape index (κ3) is 3.89. The fraction of sp³-hybridized carbons (Fsp3) is 0.333. The zero-order chi connectivity index (χ0) is 13.8. The van der Waals surface area contributed by atoms with Crippen molar-refractivity contribution in [1.29, 1.82) is 0 Å². The Kier molecular flexibility index (Phi) is 4.73. The molecule has 2 rings (SSSR count). The highest BCUT2D eigenvalue weighted by molar-refractivity contribution is 9.10. The van der Waals surface area contributed by atoms with Gasteiger partial charge >= 0.3 is 0 Å². The topological polar surface area (TPSA) is 75.9 Å². The van der Waals surface area contributed by atoms with E-state index in [0.717, 1.165) is 16.7 Å². The van der Waals surface area contributed by atoms with Crippen LogP contribution in [-0.2, 0) is 6.42 Å². The van der Waals surface area contributed by atoms with Gasteiger partial charge in [0, 0.05) is 28.4 Å². The van der Waals surface area contributed by atoms with Gasteiger partial charge in [0.15, 0.2) is 0 Å². The molecule has 19 heavy (non-hydrogen) atoms. The van der Waals surface area contributed by atoms with Crippen LogP contribution >= 0.6 is 27.3 Å². The minimum absolute atomic E-state index is 0.273. The van der Waals surface area contributed by atoms with Crippen molar-refractivity contribution in [3.63, 3.8) is 0 Å². The van der Waals surface area contributed by atoms with E-state index in [1.54, 1.807) is 6.20 Å². The molecule has 2 heterocycles. The molecular weight excluding hydrogens is 326 g/mol. The second kappa shape index (κ2) is 6.31. The first-order chi connectivity index (χ1) is 9.08. The SMILES string of the molecule is Cc1ccc(CC(C)Nc2nc(NN)ncc2Br)s1. The number of nitrogens with two attached hydrogens (primary N) is 1. The van der Waals surface area contributed by atoms with Crippen LogP contribution in [0.1, 0.15) is 16.7 Å². The number of nitrogens with zero attached hydrogens (tertiary/aromatic N) is 2. The molecule has 102 valence electrons. The van der Waals surface area contributed by atoms with Gasteiger partial charge in [-0.2, -0.15) is 4.98 Å². The normalized spacial score (nSPS) is 12.2. The van der Waals surface area contributed by atoms with Crippen molar-refractivity contribution < 1.29 is 0 Å². The molecule has 0 amide bonds. The second-order valence-corrected chi connectivity index (χ2v) is 6.52. The molecule has 0 radical (unpaired) electrons. The van der Waals surface area contributed by atoms with Crippen LogP contribution in [0.3, 0.4) is 0 Å². The highest BCUT2D eigenvalue weighted by atomic mass is 79.9. The number of halogens is 1. The average molecular weight is 342 g/mol. The van der Waals surface area contributed by atoms with Gasteiger partial charge < -0.3 is 5.32 Å². The van der Waals surface area contributed by atoms with Crippen molar-refractivity contribution in [2.24, 2.45) is 5.84 Å². The van der Waals surface area contributed by atoms with Crippen LogP contribution in [0, 0.1) is 6.92 Å². The maximum atomic E-state index is 5.31. The van der Waals surface area contributed by atoms with Crippen molar-refractivity contribution in [2.75, 3.05) is 10.7 Å². The summed E-state index contributed by atoms with van der Waals surface area (Å²) in [4.78, 5) is 11.0. The van der Waals surface area contributed by atoms with E-state index in [1.165, 1.54) is 9.75 Å². The van der Waals surface area contributed by atoms with Crippen LogP contribution in [-0.4, -0.2) is 16.0 Å². The quantitative estimate of drug-likeness (QED) is 0.575. The lowest BCUT2D eigenvalue weighted by Gasteiger charge is -2.15. The molecule has 4 N–H and O–H groups in total. The fourth-order valence-corrected chi connectivity index (χ4v) is 3.04. The monoisotopic (exact) mass is 341 g/mol. The lowest BCUT2D eigenvalue weighted by Crippen LogP contribution is -2.20. The summed E-state index contributed by atoms with van der Waals surface area (Å²) in [6, 6.07) is 4.58. The molecule has 0 aliphatic heterocycles. The van der Waals surface area contributed by atoms with Gasteiger partial charge in [-0.1, -0.05) is 0 Å². The summed E-state index contributed by atoms with van der Waals surface area (Å²) < 4.78 is 0.820. The summed E-state index contributed by atoms with van der Waals surface area (Å²) in [5.41, 5.74) is 2.44. The van der Waals surface area contributed by atoms with E-state index in [9.17, 15) is 0 Å². The number of thiophene rings is 1. The third-order valence-electron chi connectivity index (χ3n) is 2.56. The number of rotatable bonds is 5. The molecule has 2 aromatic heterocycles. The van der Waals surface area contributed by atoms with Crippen LogP contribution in [0.5, 0.6) is 0 Å². The van der Waals surface area contributed by atoms with E-state index in [1.807, 2.05) is 11.3 Å². The molecule has 2 aromatic rings. The Morgan fingerprint density at radius 2 is 2.26 bits per heavy atom. The van der Waals surface area contributed by atoms with E-state index < -0.39 is 0 Å². The van der Waals surface area contributed by atoms with E-state index in [0.29, 0.717) is 5.95 Å². The number of anilines is 2. The smallest absolute Gasteiger partial charge is 0.239 e. The number of nitrogen functional groups attached to an aromatic ring is 1. The summed E-state index contributed by atoms with van der Waals surface area (Å²) in [6.45, 7) is 4.24. The average Bonchev–Trinajstić information content (AvgIpc) is 2.77. The van der Waals surface area contributed by atoms with Gasteiger partial charge in [-0.15, -0.1) is 11.3 Å². The molecule has 0 spiro atoms. The Hall–Kier alpha value is -1.18. The van der Waals surface area contributed by atoms with Gasteiger partial charge in [0.05, 0.1) is 4.47 Å². The molecular formula is C12H16BrN5S. The zero-order valence-corrected chi connectivity index (χ0v) is 13.2. The van der Waals surface area contributed by atoms with Gasteiger partial charge in [-0.3, -0.25) is 5.43 Å². The zero-order valence-electron chi connectivity index (χ0n) is 10.8. The van der Waals surface area contributed by atoms with Crippen LogP contribution in [0.2, 0.25) is 0 Å². The van der Waals surface area contributed by atoms with Gasteiger partial charge in [0.25, 0.3) is 0 Å². The van der Waals surface area contributed by atoms with Crippen molar-refractivity contribution in [3.05, 3.63) is 32.6 Å². The lowest BCUT2D eigenvalue weighted by molar-refractivity contribution is 0.792. The Labute approximate surface area is 124 Å². The minimum Gasteiger partial charge on any atom is -0.366 e. The Morgan fingerprint density at radius 1 is 1.47 bits per heavy atom. The van der Waals surface area contributed by atoms with Crippen LogP contribution in [0.4, 0.5) is 11.8 Å². The maximum absolute atomic E-state index is 5.31. The molecule has 0 aliphatic carbocycles. The second-order valence-electron chi connectivity index (χ2n) is 4.30. The standard InChI is InChI=1S/C12H16BrN5S/c1-7(5-9-4-3-8(2)19-9)16-11-10(13)6-15-12(17-11)18-14/h3-4,6-7H,5,14H2,1-2H3,(H2,15,16,17,18). The van der Waals surface area contributed by atoms with Crippen LogP contribution in [0.25, 0.3) is 0 Å². The number of aromatic nitrogens is 2. The lowest BCUT2D eigenvalue weighted by atomic mass is 10.2. The summed E-state index contributed by atoms with van der Waals surface area (Å²) >= 11 is 5.25. The molecule has 1 unspecified atom stereocenters. The first kappa shape index (κ1) is 14.2. The van der Waals surface area contributed by atoms with Crippen molar-refractivity contribution in [1.82, 2.24) is 9.97 Å². The molecule has 1 atom stereocenters. The van der Waals surface area contributed by atoms with E-state index in [-0.39, 0.29) is 6.04 Å². The van der Waals surface area contributed by atoms with Gasteiger partial charge in [0.2, 0.25) is 5.95 Å². The molecule has 0 fully saturated rings. The molecule has 0 saturated heterocycles.